The van der Waals surface area contributed by atoms with E-state index in [-0.39, 0.29) is 5.69 Å². The molecule has 0 amide bonds. The van der Waals surface area contributed by atoms with Gasteiger partial charge in [0, 0.05) is 13.1 Å². The van der Waals surface area contributed by atoms with Crippen LogP contribution in [0.25, 0.3) is 0 Å². The summed E-state index contributed by atoms with van der Waals surface area (Å²) in [5.41, 5.74) is 5.42. The fourth-order valence-electron chi connectivity index (χ4n) is 1.45. The van der Waals surface area contributed by atoms with Crippen molar-refractivity contribution in [2.45, 2.75) is 6.18 Å². The van der Waals surface area contributed by atoms with Crippen molar-refractivity contribution in [3.8, 4) is 0 Å². The molecular weight excluding hydrogens is 299 g/mol. The molecule has 0 radical (unpaired) electrons. The van der Waals surface area contributed by atoms with Crippen LogP contribution in [0.15, 0.2) is 18.2 Å². The summed E-state index contributed by atoms with van der Waals surface area (Å²) in [6.45, 7) is 2.11. The van der Waals surface area contributed by atoms with Gasteiger partial charge in [0.15, 0.2) is 0 Å². The molecule has 0 aromatic heterocycles. The van der Waals surface area contributed by atoms with Crippen LogP contribution >= 0.6 is 0 Å². The maximum Gasteiger partial charge on any atom is 0.416 e. The van der Waals surface area contributed by atoms with Gasteiger partial charge >= 0.3 is 6.18 Å². The van der Waals surface area contributed by atoms with E-state index in [2.05, 4.69) is 21.4 Å². The Hall–Kier alpha value is -1.55. The number of likely N-dealkylation sites (N-methyl/N-ethyl adjacent to an activating group) is 1. The molecule has 0 aliphatic carbocycles. The van der Waals surface area contributed by atoms with Crippen molar-refractivity contribution in [1.82, 2.24) is 10.2 Å². The predicted octanol–water partition coefficient (Wildman–Crippen LogP) is 0.598. The van der Waals surface area contributed by atoms with Crippen molar-refractivity contribution in [3.05, 3.63) is 23.8 Å². The number of halogens is 3. The van der Waals surface area contributed by atoms with E-state index in [1.807, 2.05) is 19.0 Å². The molecular formula is C13H25F3N5O+. The van der Waals surface area contributed by atoms with Crippen molar-refractivity contribution < 1.29 is 23.9 Å². The number of rotatable bonds is 6. The molecule has 0 bridgehead atoms. The third kappa shape index (κ3) is 8.67. The van der Waals surface area contributed by atoms with Crippen LogP contribution in [0.3, 0.4) is 0 Å². The van der Waals surface area contributed by atoms with Crippen molar-refractivity contribution in [1.29, 1.82) is 0 Å². The van der Waals surface area contributed by atoms with Gasteiger partial charge in [0.2, 0.25) is 0 Å². The first-order valence-corrected chi connectivity index (χ1v) is 6.56. The van der Waals surface area contributed by atoms with Crippen LogP contribution in [0.4, 0.5) is 24.5 Å². The van der Waals surface area contributed by atoms with Gasteiger partial charge < -0.3 is 16.0 Å². The fourth-order valence-corrected chi connectivity index (χ4v) is 1.45. The molecule has 1 aromatic rings. The molecule has 0 unspecified atom stereocenters. The van der Waals surface area contributed by atoms with Crippen molar-refractivity contribution in [2.24, 2.45) is 0 Å². The van der Waals surface area contributed by atoms with Gasteiger partial charge in [0.25, 0.3) is 0 Å². The van der Waals surface area contributed by atoms with Crippen LogP contribution < -0.4 is 22.3 Å². The molecule has 0 spiro atoms. The van der Waals surface area contributed by atoms with E-state index in [4.69, 9.17) is 5.73 Å². The molecule has 0 saturated heterocycles. The van der Waals surface area contributed by atoms with E-state index < -0.39 is 11.7 Å². The lowest BCUT2D eigenvalue weighted by Crippen LogP contribution is -2.46. The highest BCUT2D eigenvalue weighted by molar-refractivity contribution is 5.67. The Morgan fingerprint density at radius 3 is 2.36 bits per heavy atom. The summed E-state index contributed by atoms with van der Waals surface area (Å²) in [6, 6.07) is 3.28. The van der Waals surface area contributed by atoms with Crippen LogP contribution in [0.1, 0.15) is 5.56 Å². The van der Waals surface area contributed by atoms with Gasteiger partial charge in [-0.1, -0.05) is 0 Å². The lowest BCUT2D eigenvalue weighted by atomic mass is 10.1. The molecule has 0 aliphatic rings. The van der Waals surface area contributed by atoms with Gasteiger partial charge in [-0.05, 0) is 32.3 Å². The summed E-state index contributed by atoms with van der Waals surface area (Å²) in [6.07, 6.45) is -4.36. The van der Waals surface area contributed by atoms with Crippen LogP contribution in [0.5, 0.6) is 0 Å². The number of anilines is 2. The molecule has 0 fully saturated rings. The Balaban J connectivity index is 0.00000135. The van der Waals surface area contributed by atoms with E-state index in [9.17, 15) is 13.2 Å². The van der Waals surface area contributed by atoms with Gasteiger partial charge in [0.05, 0.1) is 30.7 Å². The normalized spacial score (nSPS) is 11.1. The Bertz CT molecular complexity index is 427. The third-order valence-corrected chi connectivity index (χ3v) is 2.52. The summed E-state index contributed by atoms with van der Waals surface area (Å²) < 4.78 is 37.3. The second kappa shape index (κ2) is 10.2. The van der Waals surface area contributed by atoms with Crippen molar-refractivity contribution in [2.75, 3.05) is 52.0 Å². The van der Waals surface area contributed by atoms with Crippen LogP contribution in [-0.2, 0) is 11.0 Å². The number of hydrogen-bond donors (Lipinski definition) is 4. The molecule has 1 rings (SSSR count). The topological polar surface area (TPSA) is 90.2 Å². The molecule has 0 saturated carbocycles. The van der Waals surface area contributed by atoms with Crippen molar-refractivity contribution >= 4 is 11.4 Å². The largest absolute Gasteiger partial charge is 0.416 e. The summed E-state index contributed by atoms with van der Waals surface area (Å²) in [7, 11) is 5.44. The molecule has 9 heteroatoms. The number of nitrogens with one attached hydrogen (secondary N) is 2. The van der Waals surface area contributed by atoms with Gasteiger partial charge in [0.1, 0.15) is 0 Å². The quantitative estimate of drug-likeness (QED) is 0.266. The van der Waals surface area contributed by atoms with Crippen LogP contribution in [0.2, 0.25) is 0 Å². The minimum atomic E-state index is -4.36. The lowest BCUT2D eigenvalue weighted by molar-refractivity contribution is -0.679. The van der Waals surface area contributed by atoms with E-state index in [1.54, 1.807) is 0 Å². The number of nitrogen functional groups attached to an aromatic ring is 1. The summed E-state index contributed by atoms with van der Waals surface area (Å²) in [4.78, 5) is 6.03. The van der Waals surface area contributed by atoms with E-state index in [0.717, 1.165) is 25.2 Å². The van der Waals surface area contributed by atoms with Gasteiger partial charge in [-0.25, -0.2) is 10.7 Å². The maximum atomic E-state index is 12.4. The molecule has 22 heavy (non-hydrogen) atoms. The minimum Gasteiger partial charge on any atom is -0.397 e. The zero-order valence-electron chi connectivity index (χ0n) is 13.1. The third-order valence-electron chi connectivity index (χ3n) is 2.52. The molecule has 0 aliphatic heterocycles. The summed E-state index contributed by atoms with van der Waals surface area (Å²) in [5, 5.41) is 6.05. The standard InChI is InChI=1S/C12H19F3N4.CH6NO/c1-19(2)6-5-17-8-18-11-4-3-9(7-10(11)16)12(13,14)15;1-3-2/h3-4,7,17-18H,5-6,8,16H2,1-2H3;1-2H3/q;+1. The first kappa shape index (κ1) is 20.5. The summed E-state index contributed by atoms with van der Waals surface area (Å²) >= 11 is 0. The number of alkyl halides is 3. The number of quaternary nitrogens is 1. The zero-order valence-corrected chi connectivity index (χ0v) is 13.1. The first-order chi connectivity index (χ1) is 10.2. The number of benzene rings is 1. The fraction of sp³-hybridized carbons (Fsp3) is 0.538. The number of hydrogen-bond acceptors (Lipinski definition) is 5. The Labute approximate surface area is 128 Å². The van der Waals surface area contributed by atoms with Gasteiger partial charge in [-0.15, -0.1) is 0 Å². The first-order valence-electron chi connectivity index (χ1n) is 6.56. The molecule has 7 N–H and O–H groups in total. The molecule has 6 nitrogen and oxygen atoms in total. The van der Waals surface area contributed by atoms with E-state index >= 15 is 0 Å². The highest BCUT2D eigenvalue weighted by atomic mass is 19.4. The second-order valence-corrected chi connectivity index (χ2v) is 4.75. The molecule has 0 heterocycles. The average molecular weight is 324 g/mol. The zero-order chi connectivity index (χ0) is 17.2. The van der Waals surface area contributed by atoms with Crippen LogP contribution in [-0.4, -0.2) is 45.9 Å². The second-order valence-electron chi connectivity index (χ2n) is 4.75. The van der Waals surface area contributed by atoms with Crippen molar-refractivity contribution in [3.63, 3.8) is 0 Å². The molecule has 0 atom stereocenters. The van der Waals surface area contributed by atoms with E-state index in [1.165, 1.54) is 13.2 Å². The Morgan fingerprint density at radius 2 is 1.91 bits per heavy atom. The lowest BCUT2D eigenvalue weighted by Gasteiger charge is -2.14. The van der Waals surface area contributed by atoms with Crippen LogP contribution in [0, 0.1) is 0 Å². The smallest absolute Gasteiger partial charge is 0.397 e. The van der Waals surface area contributed by atoms with Gasteiger partial charge in [-0.2, -0.15) is 13.2 Å². The minimum absolute atomic E-state index is 0.0873. The number of nitrogens with two attached hydrogens (primary N) is 1. The maximum absolute atomic E-state index is 12.4. The van der Waals surface area contributed by atoms with E-state index in [0.29, 0.717) is 12.4 Å². The molecule has 128 valence electrons. The average Bonchev–Trinajstić information content (AvgIpc) is 2.39. The van der Waals surface area contributed by atoms with Gasteiger partial charge in [-0.3, -0.25) is 5.32 Å². The summed E-state index contributed by atoms with van der Waals surface area (Å²) in [5.74, 6) is 2.99. The highest BCUT2D eigenvalue weighted by Gasteiger charge is 2.30. The Morgan fingerprint density at radius 1 is 1.32 bits per heavy atom. The molecule has 1 aromatic carbocycles. The highest BCUT2D eigenvalue weighted by Crippen LogP contribution is 2.32. The Kier molecular flexibility index (Phi) is 9.50. The SMILES string of the molecule is CN(C)CCNCNc1ccc(C(F)(F)F)cc1N.CO[NH3+]. The monoisotopic (exact) mass is 324 g/mol. The number of nitrogens with zero attached hydrogens (tertiary/aromatic N) is 1. The predicted molar refractivity (Wildman–Crippen MR) is 80.8 cm³/mol.